The largest absolute Gasteiger partial charge is 0.480 e. The van der Waals surface area contributed by atoms with Crippen LogP contribution < -0.4 is 21.7 Å². The Kier molecular flexibility index (Phi) is 10.3. The van der Waals surface area contributed by atoms with Crippen LogP contribution in [0.1, 0.15) is 37.2 Å². The number of nitrogens with zero attached hydrogens (tertiary/aromatic N) is 2. The first-order valence-electron chi connectivity index (χ1n) is 14.0. The summed E-state index contributed by atoms with van der Waals surface area (Å²) in [5, 5.41) is 18.6. The molecule has 3 amide bonds. The van der Waals surface area contributed by atoms with Crippen LogP contribution in [-0.4, -0.2) is 77.9 Å². The number of carbonyl (C=O) groups excluding carboxylic acids is 3. The summed E-state index contributed by atoms with van der Waals surface area (Å²) in [6.07, 6.45) is 8.55. The Hall–Kier alpha value is -4.98. The molecule has 14 heteroatoms. The van der Waals surface area contributed by atoms with Gasteiger partial charge in [0.15, 0.2) is 0 Å². The first kappa shape index (κ1) is 31.0. The number of hydrogen-bond donors (Lipinski definition) is 8. The van der Waals surface area contributed by atoms with E-state index in [0.717, 1.165) is 16.5 Å². The topological polar surface area (TPSA) is 224 Å². The van der Waals surface area contributed by atoms with E-state index in [1.54, 1.807) is 19.3 Å². The zero-order valence-corrected chi connectivity index (χ0v) is 24.0. The lowest BCUT2D eigenvalue weighted by Gasteiger charge is -2.26. The fourth-order valence-electron chi connectivity index (χ4n) is 4.77. The van der Waals surface area contributed by atoms with Crippen molar-refractivity contribution < 1.29 is 24.3 Å². The number of nitrogens with two attached hydrogens (primary N) is 1. The molecule has 0 fully saturated rings. The van der Waals surface area contributed by atoms with Gasteiger partial charge in [0.2, 0.25) is 17.7 Å². The summed E-state index contributed by atoms with van der Waals surface area (Å²) >= 11 is 0. The van der Waals surface area contributed by atoms with E-state index in [2.05, 4.69) is 40.9 Å². The van der Waals surface area contributed by atoms with E-state index in [9.17, 15) is 24.3 Å². The van der Waals surface area contributed by atoms with Gasteiger partial charge in [0.05, 0.1) is 18.7 Å². The molecule has 3 aromatic heterocycles. The number of nitrogens with one attached hydrogen (secondary N) is 6. The SMILES string of the molecule is CCC(C)C(NC(=O)C(Cc1cnc[nH]1)NC(=O)C(Cc1c[nH]c2ccccc12)NC(=O)C(N)Cc1cnc[nH]1)C(=O)O. The van der Waals surface area contributed by atoms with E-state index < -0.39 is 47.9 Å². The zero-order chi connectivity index (χ0) is 30.9. The van der Waals surface area contributed by atoms with Crippen molar-refractivity contribution in [2.24, 2.45) is 11.7 Å². The van der Waals surface area contributed by atoms with E-state index in [1.165, 1.54) is 18.9 Å². The molecule has 5 unspecified atom stereocenters. The van der Waals surface area contributed by atoms with Gasteiger partial charge in [-0.2, -0.15) is 0 Å². The number of aromatic amines is 3. The Labute approximate surface area is 247 Å². The molecule has 0 spiro atoms. The molecule has 43 heavy (non-hydrogen) atoms. The number of fused-ring (bicyclic) bond motifs is 1. The lowest BCUT2D eigenvalue weighted by Crippen LogP contribution is -2.58. The highest BCUT2D eigenvalue weighted by atomic mass is 16.4. The number of amides is 3. The van der Waals surface area contributed by atoms with Crippen molar-refractivity contribution in [3.63, 3.8) is 0 Å². The van der Waals surface area contributed by atoms with Gasteiger partial charge in [-0.25, -0.2) is 14.8 Å². The second-order valence-electron chi connectivity index (χ2n) is 10.6. The molecule has 0 saturated carbocycles. The molecule has 0 aliphatic heterocycles. The van der Waals surface area contributed by atoms with Crippen LogP contribution in [0.5, 0.6) is 0 Å². The standard InChI is InChI=1S/C29H37N9O5/c1-3-16(2)25(29(42)43)38-28(41)24(10-19-13-32-15-35-19)37-27(40)23(8-17-11-33-22-7-5-4-6-20(17)22)36-26(39)21(30)9-18-12-31-14-34-18/h4-7,11-16,21,23-25,33H,3,8-10,30H2,1-2H3,(H,31,34)(H,32,35)(H,36,39)(H,37,40)(H,38,41)(H,42,43). The summed E-state index contributed by atoms with van der Waals surface area (Å²) in [6, 6.07) is 3.14. The van der Waals surface area contributed by atoms with Gasteiger partial charge >= 0.3 is 5.97 Å². The van der Waals surface area contributed by atoms with Crippen LogP contribution in [0, 0.1) is 5.92 Å². The number of imidazole rings is 2. The van der Waals surface area contributed by atoms with Gasteiger partial charge in [-0.05, 0) is 17.5 Å². The number of carbonyl (C=O) groups is 4. The maximum atomic E-state index is 13.8. The molecule has 4 aromatic rings. The Morgan fingerprint density at radius 3 is 2.09 bits per heavy atom. The Morgan fingerprint density at radius 1 is 0.860 bits per heavy atom. The van der Waals surface area contributed by atoms with Crippen molar-refractivity contribution in [1.29, 1.82) is 0 Å². The third kappa shape index (κ3) is 8.07. The van der Waals surface area contributed by atoms with Gasteiger partial charge in [-0.1, -0.05) is 38.5 Å². The summed E-state index contributed by atoms with van der Waals surface area (Å²) in [5.41, 5.74) is 9.00. The zero-order valence-electron chi connectivity index (χ0n) is 24.0. The minimum atomic E-state index is -1.18. The summed E-state index contributed by atoms with van der Waals surface area (Å²) in [5.74, 6) is -3.40. The predicted octanol–water partition coefficient (Wildman–Crippen LogP) is 0.554. The number of carboxylic acid groups (broad SMARTS) is 1. The molecule has 1 aromatic carbocycles. The van der Waals surface area contributed by atoms with Crippen LogP contribution >= 0.6 is 0 Å². The molecule has 4 rings (SSSR count). The molecule has 0 radical (unpaired) electrons. The van der Waals surface area contributed by atoms with E-state index in [4.69, 9.17) is 5.73 Å². The minimum absolute atomic E-state index is 0.0114. The number of benzene rings is 1. The lowest BCUT2D eigenvalue weighted by atomic mass is 9.98. The van der Waals surface area contributed by atoms with Crippen molar-refractivity contribution in [2.75, 3.05) is 0 Å². The average molecular weight is 592 g/mol. The summed E-state index contributed by atoms with van der Waals surface area (Å²) in [6.45, 7) is 3.55. The third-order valence-electron chi connectivity index (χ3n) is 7.45. The average Bonchev–Trinajstić information content (AvgIpc) is 3.78. The molecular weight excluding hydrogens is 554 g/mol. The Morgan fingerprint density at radius 2 is 1.47 bits per heavy atom. The molecule has 0 saturated heterocycles. The van der Waals surface area contributed by atoms with Gasteiger partial charge < -0.3 is 41.7 Å². The van der Waals surface area contributed by atoms with Crippen molar-refractivity contribution >= 4 is 34.6 Å². The smallest absolute Gasteiger partial charge is 0.326 e. The van der Waals surface area contributed by atoms with Crippen LogP contribution in [0.15, 0.2) is 55.5 Å². The van der Waals surface area contributed by atoms with Crippen molar-refractivity contribution in [3.8, 4) is 0 Å². The maximum Gasteiger partial charge on any atom is 0.326 e. The molecule has 9 N–H and O–H groups in total. The molecular formula is C29H37N9O5. The molecule has 228 valence electrons. The van der Waals surface area contributed by atoms with Crippen molar-refractivity contribution in [3.05, 3.63) is 72.5 Å². The summed E-state index contributed by atoms with van der Waals surface area (Å²) in [7, 11) is 0. The Balaban J connectivity index is 1.58. The third-order valence-corrected chi connectivity index (χ3v) is 7.45. The van der Waals surface area contributed by atoms with Gasteiger partial charge in [0, 0.05) is 60.1 Å². The van der Waals surface area contributed by atoms with Crippen LogP contribution in [0.3, 0.4) is 0 Å². The highest BCUT2D eigenvalue weighted by Gasteiger charge is 2.33. The van der Waals surface area contributed by atoms with Crippen LogP contribution in [-0.2, 0) is 38.4 Å². The number of H-pyrrole nitrogens is 3. The van der Waals surface area contributed by atoms with E-state index in [-0.39, 0.29) is 25.2 Å². The number of rotatable bonds is 15. The summed E-state index contributed by atoms with van der Waals surface area (Å²) in [4.78, 5) is 69.2. The van der Waals surface area contributed by atoms with E-state index in [0.29, 0.717) is 17.8 Å². The fraction of sp³-hybridized carbons (Fsp3) is 0.379. The molecule has 0 bridgehead atoms. The monoisotopic (exact) mass is 591 g/mol. The van der Waals surface area contributed by atoms with Gasteiger partial charge in [0.1, 0.15) is 18.1 Å². The first-order chi connectivity index (χ1) is 20.7. The quantitative estimate of drug-likeness (QED) is 0.0972. The molecule has 3 heterocycles. The van der Waals surface area contributed by atoms with Crippen LogP contribution in [0.4, 0.5) is 0 Å². The molecule has 14 nitrogen and oxygen atoms in total. The minimum Gasteiger partial charge on any atom is -0.480 e. The highest BCUT2D eigenvalue weighted by Crippen LogP contribution is 2.19. The molecule has 0 aliphatic rings. The number of aromatic nitrogens is 5. The number of carboxylic acids is 1. The maximum absolute atomic E-state index is 13.8. The van der Waals surface area contributed by atoms with E-state index >= 15 is 0 Å². The highest BCUT2D eigenvalue weighted by molar-refractivity contribution is 5.95. The van der Waals surface area contributed by atoms with Crippen LogP contribution in [0.2, 0.25) is 0 Å². The summed E-state index contributed by atoms with van der Waals surface area (Å²) < 4.78 is 0. The van der Waals surface area contributed by atoms with Crippen LogP contribution in [0.25, 0.3) is 10.9 Å². The van der Waals surface area contributed by atoms with Gasteiger partial charge in [-0.3, -0.25) is 14.4 Å². The van der Waals surface area contributed by atoms with Gasteiger partial charge in [0.25, 0.3) is 0 Å². The fourth-order valence-corrected chi connectivity index (χ4v) is 4.77. The molecule has 5 atom stereocenters. The Bertz CT molecular complexity index is 1520. The lowest BCUT2D eigenvalue weighted by molar-refractivity contribution is -0.143. The van der Waals surface area contributed by atoms with Crippen molar-refractivity contribution in [2.45, 2.75) is 63.7 Å². The number of hydrogen-bond acceptors (Lipinski definition) is 7. The first-order valence-corrected chi connectivity index (χ1v) is 14.0. The second kappa shape index (κ2) is 14.3. The predicted molar refractivity (Wildman–Crippen MR) is 157 cm³/mol. The van der Waals surface area contributed by atoms with E-state index in [1.807, 2.05) is 31.2 Å². The normalized spacial score (nSPS) is 14.8. The number of aliphatic carboxylic acids is 1. The molecule has 0 aliphatic carbocycles. The second-order valence-corrected chi connectivity index (χ2v) is 10.6. The number of para-hydroxylation sites is 1. The van der Waals surface area contributed by atoms with Gasteiger partial charge in [-0.15, -0.1) is 0 Å². The van der Waals surface area contributed by atoms with Crippen molar-refractivity contribution in [1.82, 2.24) is 40.9 Å².